The standard InChI is InChI=1S/C22H27NO2/c1-3-22-12-14-23(13-11-17-7-5-4-6-8-17)16-21(22)25-20-10-9-18(24-2)15-19(20)22/h4-10,15,21H,3,11-14,16H2,1-2H3/t21-,22-/m1/s1. The van der Waals surface area contributed by atoms with Crippen LogP contribution in [0.1, 0.15) is 30.9 Å². The van der Waals surface area contributed by atoms with E-state index in [2.05, 4.69) is 54.3 Å². The van der Waals surface area contributed by atoms with E-state index in [1.807, 2.05) is 6.07 Å². The summed E-state index contributed by atoms with van der Waals surface area (Å²) in [5, 5.41) is 0. The molecule has 2 heterocycles. The highest BCUT2D eigenvalue weighted by molar-refractivity contribution is 5.50. The Labute approximate surface area is 150 Å². The van der Waals surface area contributed by atoms with Crippen molar-refractivity contribution in [3.05, 3.63) is 59.7 Å². The molecule has 0 N–H and O–H groups in total. The minimum atomic E-state index is 0.146. The number of benzene rings is 2. The van der Waals surface area contributed by atoms with Gasteiger partial charge in [0.15, 0.2) is 0 Å². The monoisotopic (exact) mass is 337 g/mol. The number of hydrogen-bond donors (Lipinski definition) is 0. The molecule has 0 amide bonds. The highest BCUT2D eigenvalue weighted by atomic mass is 16.5. The summed E-state index contributed by atoms with van der Waals surface area (Å²) in [6, 6.07) is 17.0. The average molecular weight is 337 g/mol. The molecule has 0 aliphatic carbocycles. The maximum Gasteiger partial charge on any atom is 0.124 e. The van der Waals surface area contributed by atoms with Crippen molar-refractivity contribution >= 4 is 0 Å². The Morgan fingerprint density at radius 2 is 2.04 bits per heavy atom. The van der Waals surface area contributed by atoms with Crippen molar-refractivity contribution in [3.63, 3.8) is 0 Å². The molecule has 1 saturated heterocycles. The molecule has 0 bridgehead atoms. The van der Waals surface area contributed by atoms with Gasteiger partial charge in [0.2, 0.25) is 0 Å². The molecule has 0 radical (unpaired) electrons. The maximum atomic E-state index is 6.39. The summed E-state index contributed by atoms with van der Waals surface area (Å²) in [6.07, 6.45) is 3.63. The Hall–Kier alpha value is -2.00. The molecule has 0 spiro atoms. The number of hydrogen-bond acceptors (Lipinski definition) is 3. The van der Waals surface area contributed by atoms with Crippen molar-refractivity contribution in [1.29, 1.82) is 0 Å². The zero-order valence-corrected chi connectivity index (χ0v) is 15.2. The summed E-state index contributed by atoms with van der Waals surface area (Å²) in [5.74, 6) is 1.99. The lowest BCUT2D eigenvalue weighted by Gasteiger charge is -2.42. The van der Waals surface area contributed by atoms with Gasteiger partial charge < -0.3 is 9.47 Å². The van der Waals surface area contributed by atoms with Crippen LogP contribution in [0.25, 0.3) is 0 Å². The predicted octanol–water partition coefficient (Wildman–Crippen LogP) is 4.05. The van der Waals surface area contributed by atoms with E-state index in [-0.39, 0.29) is 11.5 Å². The van der Waals surface area contributed by atoms with Gasteiger partial charge in [-0.3, -0.25) is 4.90 Å². The van der Waals surface area contributed by atoms with Crippen LogP contribution in [0.5, 0.6) is 11.5 Å². The second kappa shape index (κ2) is 6.72. The van der Waals surface area contributed by atoms with Crippen LogP contribution in [-0.2, 0) is 11.8 Å². The van der Waals surface area contributed by atoms with E-state index in [9.17, 15) is 0 Å². The third kappa shape index (κ3) is 2.91. The molecule has 132 valence electrons. The number of fused-ring (bicyclic) bond motifs is 3. The molecule has 2 aromatic carbocycles. The smallest absolute Gasteiger partial charge is 0.124 e. The largest absolute Gasteiger partial charge is 0.497 e. The molecule has 0 unspecified atom stereocenters. The van der Waals surface area contributed by atoms with Crippen molar-refractivity contribution in [1.82, 2.24) is 4.90 Å². The summed E-state index contributed by atoms with van der Waals surface area (Å²) in [4.78, 5) is 2.56. The number of nitrogens with zero attached hydrogens (tertiary/aromatic N) is 1. The number of methoxy groups -OCH3 is 1. The lowest BCUT2D eigenvalue weighted by atomic mass is 9.70. The molecule has 4 rings (SSSR count). The van der Waals surface area contributed by atoms with E-state index < -0.39 is 0 Å². The van der Waals surface area contributed by atoms with Gasteiger partial charge in [0.1, 0.15) is 17.6 Å². The third-order valence-electron chi connectivity index (χ3n) is 6.10. The van der Waals surface area contributed by atoms with Gasteiger partial charge in [-0.25, -0.2) is 0 Å². The van der Waals surface area contributed by atoms with Gasteiger partial charge in [0.05, 0.1) is 7.11 Å². The normalized spacial score (nSPS) is 25.1. The molecule has 2 atom stereocenters. The minimum Gasteiger partial charge on any atom is -0.497 e. The van der Waals surface area contributed by atoms with Gasteiger partial charge >= 0.3 is 0 Å². The second-order valence-corrected chi connectivity index (χ2v) is 7.26. The summed E-state index contributed by atoms with van der Waals surface area (Å²) in [5.41, 5.74) is 2.91. The Kier molecular flexibility index (Phi) is 4.43. The lowest BCUT2D eigenvalue weighted by molar-refractivity contribution is 0.0410. The van der Waals surface area contributed by atoms with Gasteiger partial charge in [-0.05, 0) is 49.6 Å². The fourth-order valence-electron chi connectivity index (χ4n) is 4.49. The average Bonchev–Trinajstić information content (AvgIpc) is 3.00. The van der Waals surface area contributed by atoms with Crippen LogP contribution in [0.2, 0.25) is 0 Å². The van der Waals surface area contributed by atoms with E-state index in [4.69, 9.17) is 9.47 Å². The zero-order valence-electron chi connectivity index (χ0n) is 15.2. The molecule has 2 aliphatic rings. The Morgan fingerprint density at radius 1 is 1.20 bits per heavy atom. The van der Waals surface area contributed by atoms with Crippen LogP contribution < -0.4 is 9.47 Å². The van der Waals surface area contributed by atoms with Crippen molar-refractivity contribution in [3.8, 4) is 11.5 Å². The molecule has 3 heteroatoms. The van der Waals surface area contributed by atoms with Gasteiger partial charge in [0.25, 0.3) is 0 Å². The second-order valence-electron chi connectivity index (χ2n) is 7.26. The zero-order chi connectivity index (χ0) is 17.3. The van der Waals surface area contributed by atoms with E-state index in [1.54, 1.807) is 7.11 Å². The first kappa shape index (κ1) is 16.5. The summed E-state index contributed by atoms with van der Waals surface area (Å²) >= 11 is 0. The molecule has 2 aliphatic heterocycles. The van der Waals surface area contributed by atoms with Gasteiger partial charge in [-0.1, -0.05) is 37.3 Å². The van der Waals surface area contributed by atoms with Crippen molar-refractivity contribution in [2.45, 2.75) is 37.7 Å². The molecule has 25 heavy (non-hydrogen) atoms. The van der Waals surface area contributed by atoms with Crippen LogP contribution in [0.15, 0.2) is 48.5 Å². The van der Waals surface area contributed by atoms with Gasteiger partial charge in [-0.2, -0.15) is 0 Å². The first-order valence-corrected chi connectivity index (χ1v) is 9.36. The quantitative estimate of drug-likeness (QED) is 0.821. The van der Waals surface area contributed by atoms with Crippen molar-refractivity contribution < 1.29 is 9.47 Å². The van der Waals surface area contributed by atoms with E-state index >= 15 is 0 Å². The van der Waals surface area contributed by atoms with E-state index in [0.717, 1.165) is 50.4 Å². The highest BCUT2D eigenvalue weighted by Gasteiger charge is 2.50. The van der Waals surface area contributed by atoms with Crippen molar-refractivity contribution in [2.24, 2.45) is 0 Å². The lowest BCUT2D eigenvalue weighted by Crippen LogP contribution is -2.53. The molecule has 1 fully saturated rings. The van der Waals surface area contributed by atoms with Crippen molar-refractivity contribution in [2.75, 3.05) is 26.7 Å². The topological polar surface area (TPSA) is 21.7 Å². The molecular weight excluding hydrogens is 310 g/mol. The summed E-state index contributed by atoms with van der Waals surface area (Å²) in [6.45, 7) is 5.54. The first-order chi connectivity index (χ1) is 12.2. The fourth-order valence-corrected chi connectivity index (χ4v) is 4.49. The van der Waals surface area contributed by atoms with E-state index in [0.29, 0.717) is 0 Å². The molecule has 0 aromatic heterocycles. The summed E-state index contributed by atoms with van der Waals surface area (Å²) < 4.78 is 11.8. The first-order valence-electron chi connectivity index (χ1n) is 9.36. The summed E-state index contributed by atoms with van der Waals surface area (Å²) in [7, 11) is 1.74. The van der Waals surface area contributed by atoms with Gasteiger partial charge in [0, 0.05) is 24.1 Å². The maximum absolute atomic E-state index is 6.39. The Bertz CT molecular complexity index is 730. The molecule has 2 aromatic rings. The third-order valence-corrected chi connectivity index (χ3v) is 6.10. The van der Waals surface area contributed by atoms with Crippen LogP contribution in [0.4, 0.5) is 0 Å². The number of piperidine rings is 1. The van der Waals surface area contributed by atoms with Crippen LogP contribution in [-0.4, -0.2) is 37.7 Å². The number of ether oxygens (including phenoxy) is 2. The van der Waals surface area contributed by atoms with E-state index in [1.165, 1.54) is 11.1 Å². The van der Waals surface area contributed by atoms with Gasteiger partial charge in [-0.15, -0.1) is 0 Å². The molecular formula is C22H27NO2. The van der Waals surface area contributed by atoms with Crippen LogP contribution in [0.3, 0.4) is 0 Å². The number of likely N-dealkylation sites (tertiary alicyclic amines) is 1. The predicted molar refractivity (Wildman–Crippen MR) is 101 cm³/mol. The number of rotatable bonds is 5. The Balaban J connectivity index is 1.49. The molecule has 0 saturated carbocycles. The Morgan fingerprint density at radius 3 is 2.80 bits per heavy atom. The highest BCUT2D eigenvalue weighted by Crippen LogP contribution is 2.50. The molecule has 3 nitrogen and oxygen atoms in total. The van der Waals surface area contributed by atoms with Crippen LogP contribution in [0, 0.1) is 0 Å². The van der Waals surface area contributed by atoms with Crippen LogP contribution >= 0.6 is 0 Å². The SMILES string of the molecule is CC[C@]12CCN(CCc3ccccc3)C[C@H]1Oc1ccc(OC)cc12. The minimum absolute atomic E-state index is 0.146. The fraction of sp³-hybridized carbons (Fsp3) is 0.455.